The average molecular weight is 349 g/mol. The Hall–Kier alpha value is -0.380. The van der Waals surface area contributed by atoms with Crippen LogP contribution in [0.1, 0.15) is 31.2 Å². The minimum Gasteiger partial charge on any atom is -0.298 e. The molecule has 0 spiro atoms. The summed E-state index contributed by atoms with van der Waals surface area (Å²) in [6.07, 6.45) is 6.05. The third-order valence-electron chi connectivity index (χ3n) is 5.93. The summed E-state index contributed by atoms with van der Waals surface area (Å²) in [4.78, 5) is 5.42. The van der Waals surface area contributed by atoms with E-state index in [0.717, 1.165) is 24.4 Å². The van der Waals surface area contributed by atoms with Gasteiger partial charge < -0.3 is 0 Å². The number of nitrogens with zero attached hydrogens (tertiary/aromatic N) is 2. The second-order valence-corrected chi connectivity index (χ2v) is 8.00. The summed E-state index contributed by atoms with van der Waals surface area (Å²) in [6, 6.07) is 9.56. The minimum absolute atomic E-state index is 0.925. The van der Waals surface area contributed by atoms with E-state index >= 15 is 0 Å². The molecule has 2 saturated carbocycles. The Bertz CT molecular complexity index is 496. The van der Waals surface area contributed by atoms with E-state index in [1.54, 1.807) is 0 Å². The van der Waals surface area contributed by atoms with Crippen molar-refractivity contribution in [2.75, 3.05) is 26.2 Å². The van der Waals surface area contributed by atoms with Gasteiger partial charge in [-0.05, 0) is 42.7 Å². The molecule has 1 aromatic carbocycles. The zero-order valence-electron chi connectivity index (χ0n) is 12.7. The molecule has 2 nitrogen and oxygen atoms in total. The number of halogens is 1. The quantitative estimate of drug-likeness (QED) is 0.820. The van der Waals surface area contributed by atoms with Crippen molar-refractivity contribution in [3.8, 4) is 0 Å². The zero-order chi connectivity index (χ0) is 14.2. The Morgan fingerprint density at radius 1 is 1.00 bits per heavy atom. The van der Waals surface area contributed by atoms with Crippen LogP contribution in [0.25, 0.3) is 0 Å². The van der Waals surface area contributed by atoms with Crippen LogP contribution in [0, 0.1) is 11.8 Å². The minimum atomic E-state index is 0.925. The lowest BCUT2D eigenvalue weighted by molar-refractivity contribution is 0.0679. The molecule has 3 aliphatic rings. The van der Waals surface area contributed by atoms with Gasteiger partial charge in [-0.3, -0.25) is 9.80 Å². The van der Waals surface area contributed by atoms with Crippen LogP contribution >= 0.6 is 15.9 Å². The van der Waals surface area contributed by atoms with Crippen molar-refractivity contribution in [2.45, 2.75) is 38.3 Å². The molecular weight excluding hydrogens is 324 g/mol. The van der Waals surface area contributed by atoms with Gasteiger partial charge in [0.2, 0.25) is 0 Å². The number of fused-ring (bicyclic) bond motifs is 2. The van der Waals surface area contributed by atoms with E-state index in [1.807, 2.05) is 0 Å². The van der Waals surface area contributed by atoms with Crippen molar-refractivity contribution in [2.24, 2.45) is 11.8 Å². The van der Waals surface area contributed by atoms with Crippen molar-refractivity contribution < 1.29 is 0 Å². The van der Waals surface area contributed by atoms with E-state index in [4.69, 9.17) is 0 Å². The lowest BCUT2D eigenvalue weighted by Crippen LogP contribution is -2.51. The summed E-state index contributed by atoms with van der Waals surface area (Å²) in [5, 5.41) is 0. The van der Waals surface area contributed by atoms with Crippen LogP contribution in [-0.4, -0.2) is 42.0 Å². The molecule has 0 amide bonds. The Labute approximate surface area is 136 Å². The lowest BCUT2D eigenvalue weighted by Gasteiger charge is -2.41. The molecule has 0 radical (unpaired) electrons. The second kappa shape index (κ2) is 6.02. The summed E-state index contributed by atoms with van der Waals surface area (Å²) in [5.74, 6) is 2.10. The highest BCUT2D eigenvalue weighted by atomic mass is 79.9. The third kappa shape index (κ3) is 2.93. The van der Waals surface area contributed by atoms with Gasteiger partial charge in [0.25, 0.3) is 0 Å². The van der Waals surface area contributed by atoms with Gasteiger partial charge in [0.1, 0.15) is 0 Å². The summed E-state index contributed by atoms with van der Waals surface area (Å²) < 4.78 is 1.25. The lowest BCUT2D eigenvalue weighted by atomic mass is 9.93. The molecule has 3 heteroatoms. The topological polar surface area (TPSA) is 6.48 Å². The highest BCUT2D eigenvalue weighted by Crippen LogP contribution is 2.46. The molecule has 2 aliphatic carbocycles. The fraction of sp³-hybridized carbons (Fsp3) is 0.667. The largest absolute Gasteiger partial charge is 0.298 e. The standard InChI is InChI=1S/C18H25BrN2/c19-17-4-2-1-3-16(17)13-20-7-9-21(10-8-20)18-12-14-5-6-15(18)11-14/h1-4,14-15,18H,5-13H2/t14-,15-,18+/m1/s1. The zero-order valence-corrected chi connectivity index (χ0v) is 14.3. The molecule has 1 aromatic rings. The monoisotopic (exact) mass is 348 g/mol. The van der Waals surface area contributed by atoms with E-state index in [0.29, 0.717) is 0 Å². The molecule has 0 unspecified atom stereocenters. The molecule has 21 heavy (non-hydrogen) atoms. The first kappa shape index (κ1) is 14.2. The van der Waals surface area contributed by atoms with Gasteiger partial charge in [-0.25, -0.2) is 0 Å². The Morgan fingerprint density at radius 3 is 2.48 bits per heavy atom. The van der Waals surface area contributed by atoms with Gasteiger partial charge in [-0.2, -0.15) is 0 Å². The Kier molecular flexibility index (Phi) is 4.08. The SMILES string of the molecule is Brc1ccccc1CN1CCN([C@H]2C[C@@H]3CC[C@@H]2C3)CC1. The van der Waals surface area contributed by atoms with E-state index in [-0.39, 0.29) is 0 Å². The summed E-state index contributed by atoms with van der Waals surface area (Å²) in [6.45, 7) is 6.10. The van der Waals surface area contributed by atoms with E-state index in [2.05, 4.69) is 50.0 Å². The fourth-order valence-electron chi connectivity index (χ4n) is 4.78. The fourth-order valence-corrected chi connectivity index (χ4v) is 5.19. The first-order valence-corrected chi connectivity index (χ1v) is 9.29. The molecule has 1 saturated heterocycles. The molecule has 3 fully saturated rings. The normalized spacial score (nSPS) is 33.7. The van der Waals surface area contributed by atoms with Gasteiger partial charge in [-0.1, -0.05) is 40.5 Å². The van der Waals surface area contributed by atoms with E-state index < -0.39 is 0 Å². The van der Waals surface area contributed by atoms with E-state index in [9.17, 15) is 0 Å². The van der Waals surface area contributed by atoms with Gasteiger partial charge in [-0.15, -0.1) is 0 Å². The average Bonchev–Trinajstić information content (AvgIpc) is 3.13. The molecule has 0 N–H and O–H groups in total. The molecule has 0 aromatic heterocycles. The van der Waals surface area contributed by atoms with Crippen molar-refractivity contribution in [1.29, 1.82) is 0 Å². The smallest absolute Gasteiger partial charge is 0.0246 e. The summed E-state index contributed by atoms with van der Waals surface area (Å²) in [5.41, 5.74) is 1.42. The maximum Gasteiger partial charge on any atom is 0.0246 e. The van der Waals surface area contributed by atoms with Crippen LogP contribution in [0.5, 0.6) is 0 Å². The molecule has 1 aliphatic heterocycles. The predicted molar refractivity (Wildman–Crippen MR) is 90.2 cm³/mol. The maximum absolute atomic E-state index is 3.67. The van der Waals surface area contributed by atoms with Crippen LogP contribution in [0.4, 0.5) is 0 Å². The number of hydrogen-bond donors (Lipinski definition) is 0. The summed E-state index contributed by atoms with van der Waals surface area (Å²) >= 11 is 3.67. The van der Waals surface area contributed by atoms with Gasteiger partial charge in [0.05, 0.1) is 0 Å². The van der Waals surface area contributed by atoms with E-state index in [1.165, 1.54) is 61.9 Å². The molecule has 1 heterocycles. The highest BCUT2D eigenvalue weighted by Gasteiger charge is 2.42. The Balaban J connectivity index is 1.32. The van der Waals surface area contributed by atoms with Crippen LogP contribution < -0.4 is 0 Å². The van der Waals surface area contributed by atoms with Crippen LogP contribution in [0.15, 0.2) is 28.7 Å². The first-order valence-electron chi connectivity index (χ1n) is 8.49. The number of benzene rings is 1. The van der Waals surface area contributed by atoms with Crippen LogP contribution in [0.3, 0.4) is 0 Å². The summed E-state index contributed by atoms with van der Waals surface area (Å²) in [7, 11) is 0. The third-order valence-corrected chi connectivity index (χ3v) is 6.70. The second-order valence-electron chi connectivity index (χ2n) is 7.15. The predicted octanol–water partition coefficient (Wildman–Crippen LogP) is 3.76. The first-order chi connectivity index (χ1) is 10.3. The molecule has 3 atom stereocenters. The van der Waals surface area contributed by atoms with Crippen molar-refractivity contribution >= 4 is 15.9 Å². The molecule has 4 rings (SSSR count). The highest BCUT2D eigenvalue weighted by molar-refractivity contribution is 9.10. The molecule has 114 valence electrons. The number of hydrogen-bond acceptors (Lipinski definition) is 2. The maximum atomic E-state index is 3.67. The van der Waals surface area contributed by atoms with Crippen molar-refractivity contribution in [3.63, 3.8) is 0 Å². The van der Waals surface area contributed by atoms with Crippen molar-refractivity contribution in [1.82, 2.24) is 9.80 Å². The van der Waals surface area contributed by atoms with Crippen molar-refractivity contribution in [3.05, 3.63) is 34.3 Å². The Morgan fingerprint density at radius 2 is 1.81 bits per heavy atom. The molecule has 2 bridgehead atoms. The number of piperazine rings is 1. The number of rotatable bonds is 3. The molecular formula is C18H25BrN2. The van der Waals surface area contributed by atoms with Crippen LogP contribution in [0.2, 0.25) is 0 Å². The van der Waals surface area contributed by atoms with Gasteiger partial charge in [0.15, 0.2) is 0 Å². The van der Waals surface area contributed by atoms with Gasteiger partial charge in [0, 0.05) is 43.2 Å². The van der Waals surface area contributed by atoms with Gasteiger partial charge >= 0.3 is 0 Å². The van der Waals surface area contributed by atoms with Crippen LogP contribution in [-0.2, 0) is 6.54 Å².